The van der Waals surface area contributed by atoms with Crippen molar-refractivity contribution in [1.82, 2.24) is 9.38 Å². The normalized spacial score (nSPS) is 22.9. The second kappa shape index (κ2) is 5.71. The van der Waals surface area contributed by atoms with Crippen molar-refractivity contribution in [2.75, 3.05) is 32.2 Å². The fourth-order valence-electron chi connectivity index (χ4n) is 2.78. The molecule has 5 nitrogen and oxygen atoms in total. The lowest BCUT2D eigenvalue weighted by Gasteiger charge is -2.16. The van der Waals surface area contributed by atoms with E-state index in [1.54, 1.807) is 14.2 Å². The molecule has 0 N–H and O–H groups in total. The molecule has 1 fully saturated rings. The summed E-state index contributed by atoms with van der Waals surface area (Å²) in [5.74, 6) is 1.01. The van der Waals surface area contributed by atoms with Gasteiger partial charge >= 0.3 is 0 Å². The van der Waals surface area contributed by atoms with Gasteiger partial charge < -0.3 is 18.8 Å². The smallest absolute Gasteiger partial charge is 0.152 e. The van der Waals surface area contributed by atoms with Gasteiger partial charge in [0.2, 0.25) is 0 Å². The summed E-state index contributed by atoms with van der Waals surface area (Å²) >= 11 is 3.57. The highest BCUT2D eigenvalue weighted by Crippen LogP contribution is 2.28. The van der Waals surface area contributed by atoms with Gasteiger partial charge in [-0.2, -0.15) is 0 Å². The minimum atomic E-state index is 0.0907. The largest absolute Gasteiger partial charge is 0.377 e. The Bertz CT molecular complexity index is 589. The molecule has 1 saturated heterocycles. The SMILES string of the molecule is COC1CN(c2nc3ccccn3c2CBr)CC1OC. The van der Waals surface area contributed by atoms with Gasteiger partial charge in [0.05, 0.1) is 5.69 Å². The number of fused-ring (bicyclic) bond motifs is 1. The predicted molar refractivity (Wildman–Crippen MR) is 81.6 cm³/mol. The predicted octanol–water partition coefficient (Wildman–Crippen LogP) is 2.08. The van der Waals surface area contributed by atoms with Crippen LogP contribution in [0.2, 0.25) is 0 Å². The summed E-state index contributed by atoms with van der Waals surface area (Å²) in [6.07, 6.45) is 2.22. The van der Waals surface area contributed by atoms with E-state index in [1.807, 2.05) is 24.4 Å². The summed E-state index contributed by atoms with van der Waals surface area (Å²) < 4.78 is 13.1. The van der Waals surface area contributed by atoms with Crippen molar-refractivity contribution in [2.24, 2.45) is 0 Å². The molecule has 0 spiro atoms. The van der Waals surface area contributed by atoms with Crippen LogP contribution in [0.25, 0.3) is 5.65 Å². The quantitative estimate of drug-likeness (QED) is 0.799. The van der Waals surface area contributed by atoms with Crippen LogP contribution in [-0.4, -0.2) is 48.9 Å². The Balaban J connectivity index is 1.98. The molecule has 0 saturated carbocycles. The van der Waals surface area contributed by atoms with Crippen LogP contribution in [0.1, 0.15) is 5.69 Å². The van der Waals surface area contributed by atoms with Crippen molar-refractivity contribution in [1.29, 1.82) is 0 Å². The minimum Gasteiger partial charge on any atom is -0.377 e. The van der Waals surface area contributed by atoms with Crippen LogP contribution in [0.5, 0.6) is 0 Å². The molecule has 2 aromatic heterocycles. The van der Waals surface area contributed by atoms with Gasteiger partial charge in [-0.15, -0.1) is 0 Å². The van der Waals surface area contributed by atoms with Crippen molar-refractivity contribution in [3.8, 4) is 0 Å². The summed E-state index contributed by atoms with van der Waals surface area (Å²) in [5, 5.41) is 0.763. The maximum atomic E-state index is 5.50. The first-order chi connectivity index (χ1) is 9.78. The molecule has 0 radical (unpaired) electrons. The number of nitrogens with zero attached hydrogens (tertiary/aromatic N) is 3. The summed E-state index contributed by atoms with van der Waals surface area (Å²) in [6.45, 7) is 1.61. The number of aromatic nitrogens is 2. The third-order valence-electron chi connectivity index (χ3n) is 3.85. The zero-order valence-corrected chi connectivity index (χ0v) is 13.2. The zero-order valence-electron chi connectivity index (χ0n) is 11.6. The molecule has 2 unspecified atom stereocenters. The number of imidazole rings is 1. The van der Waals surface area contributed by atoms with E-state index < -0.39 is 0 Å². The van der Waals surface area contributed by atoms with Gasteiger partial charge in [-0.3, -0.25) is 0 Å². The molecule has 6 heteroatoms. The Morgan fingerprint density at radius 2 is 1.95 bits per heavy atom. The Labute approximate surface area is 126 Å². The number of rotatable bonds is 4. The van der Waals surface area contributed by atoms with Gasteiger partial charge in [0.25, 0.3) is 0 Å². The van der Waals surface area contributed by atoms with Crippen LogP contribution in [-0.2, 0) is 14.8 Å². The molecule has 0 bridgehead atoms. The molecule has 1 aliphatic rings. The molecular formula is C14H18BrN3O2. The molecular weight excluding hydrogens is 322 g/mol. The lowest BCUT2D eigenvalue weighted by Crippen LogP contribution is -2.27. The van der Waals surface area contributed by atoms with E-state index in [0.29, 0.717) is 0 Å². The standard InChI is InChI=1S/C14H18BrN3O2/c1-19-11-8-17(9-12(11)20-2)14-10(7-15)18-6-4-3-5-13(18)16-14/h3-6,11-12H,7-9H2,1-2H3. The molecule has 0 amide bonds. The summed E-state index contributed by atoms with van der Waals surface area (Å²) in [5.41, 5.74) is 2.12. The Kier molecular flexibility index (Phi) is 3.96. The summed E-state index contributed by atoms with van der Waals surface area (Å²) in [7, 11) is 3.46. The van der Waals surface area contributed by atoms with Gasteiger partial charge in [-0.1, -0.05) is 22.0 Å². The average molecular weight is 340 g/mol. The molecule has 0 aromatic carbocycles. The monoisotopic (exact) mass is 339 g/mol. The lowest BCUT2D eigenvalue weighted by molar-refractivity contribution is -0.00461. The van der Waals surface area contributed by atoms with E-state index in [2.05, 4.69) is 25.2 Å². The van der Waals surface area contributed by atoms with E-state index in [-0.39, 0.29) is 12.2 Å². The van der Waals surface area contributed by atoms with E-state index in [9.17, 15) is 0 Å². The van der Waals surface area contributed by atoms with Crippen LogP contribution >= 0.6 is 15.9 Å². The zero-order chi connectivity index (χ0) is 14.1. The maximum absolute atomic E-state index is 5.50. The van der Waals surface area contributed by atoms with Gasteiger partial charge in [-0.25, -0.2) is 4.98 Å². The van der Waals surface area contributed by atoms with E-state index >= 15 is 0 Å². The van der Waals surface area contributed by atoms with E-state index in [1.165, 1.54) is 0 Å². The first kappa shape index (κ1) is 13.9. The van der Waals surface area contributed by atoms with Gasteiger partial charge in [0.15, 0.2) is 5.82 Å². The number of halogens is 1. The molecule has 2 aromatic rings. The number of pyridine rings is 1. The molecule has 20 heavy (non-hydrogen) atoms. The molecule has 0 aliphatic carbocycles. The fourth-order valence-corrected chi connectivity index (χ4v) is 3.30. The van der Waals surface area contributed by atoms with Crippen molar-refractivity contribution >= 4 is 27.4 Å². The minimum absolute atomic E-state index is 0.0907. The fraction of sp³-hybridized carbons (Fsp3) is 0.500. The van der Waals surface area contributed by atoms with Crippen LogP contribution in [0.4, 0.5) is 5.82 Å². The van der Waals surface area contributed by atoms with E-state index in [0.717, 1.165) is 35.6 Å². The molecule has 3 heterocycles. The van der Waals surface area contributed by atoms with Crippen molar-refractivity contribution in [3.05, 3.63) is 30.1 Å². The second-order valence-electron chi connectivity index (χ2n) is 4.90. The highest BCUT2D eigenvalue weighted by Gasteiger charge is 2.35. The van der Waals surface area contributed by atoms with Crippen LogP contribution < -0.4 is 4.90 Å². The highest BCUT2D eigenvalue weighted by molar-refractivity contribution is 9.08. The third kappa shape index (κ3) is 2.21. The lowest BCUT2D eigenvalue weighted by atomic mass is 10.3. The Hall–Kier alpha value is -1.11. The summed E-state index contributed by atoms with van der Waals surface area (Å²) in [4.78, 5) is 6.99. The second-order valence-corrected chi connectivity index (χ2v) is 5.46. The Morgan fingerprint density at radius 3 is 2.55 bits per heavy atom. The number of ether oxygens (including phenoxy) is 2. The van der Waals surface area contributed by atoms with Gasteiger partial charge in [0, 0.05) is 38.8 Å². The maximum Gasteiger partial charge on any atom is 0.152 e. The first-order valence-corrected chi connectivity index (χ1v) is 7.73. The van der Waals surface area contributed by atoms with Gasteiger partial charge in [-0.05, 0) is 12.1 Å². The molecule has 1 aliphatic heterocycles. The van der Waals surface area contributed by atoms with Crippen molar-refractivity contribution < 1.29 is 9.47 Å². The van der Waals surface area contributed by atoms with Crippen molar-refractivity contribution in [3.63, 3.8) is 0 Å². The van der Waals surface area contributed by atoms with Crippen LogP contribution in [0.15, 0.2) is 24.4 Å². The van der Waals surface area contributed by atoms with Crippen molar-refractivity contribution in [2.45, 2.75) is 17.5 Å². The highest BCUT2D eigenvalue weighted by atomic mass is 79.9. The first-order valence-electron chi connectivity index (χ1n) is 6.61. The van der Waals surface area contributed by atoms with Crippen LogP contribution in [0.3, 0.4) is 0 Å². The number of hydrogen-bond acceptors (Lipinski definition) is 4. The number of alkyl halides is 1. The average Bonchev–Trinajstić information content (AvgIpc) is 3.07. The van der Waals surface area contributed by atoms with E-state index in [4.69, 9.17) is 14.5 Å². The number of hydrogen-bond donors (Lipinski definition) is 0. The van der Waals surface area contributed by atoms with Gasteiger partial charge in [0.1, 0.15) is 17.9 Å². The number of methoxy groups -OCH3 is 2. The third-order valence-corrected chi connectivity index (χ3v) is 4.39. The van der Waals surface area contributed by atoms with Crippen LogP contribution in [0, 0.1) is 0 Å². The molecule has 3 rings (SSSR count). The molecule has 108 valence electrons. The number of anilines is 1. The summed E-state index contributed by atoms with van der Waals surface area (Å²) in [6, 6.07) is 6.04. The molecule has 2 atom stereocenters. The Morgan fingerprint density at radius 1 is 1.25 bits per heavy atom. The topological polar surface area (TPSA) is 39.0 Å².